The van der Waals surface area contributed by atoms with Crippen LogP contribution >= 0.6 is 11.8 Å². The molecular formula is C33H35N3O5S. The van der Waals surface area contributed by atoms with Crippen molar-refractivity contribution in [2.24, 2.45) is 0 Å². The van der Waals surface area contributed by atoms with Crippen LogP contribution in [-0.2, 0) is 27.4 Å². The van der Waals surface area contributed by atoms with Crippen LogP contribution in [0.15, 0.2) is 89.9 Å². The number of hydrogen-bond acceptors (Lipinski definition) is 8. The number of carbonyl (C=O) groups excluding carboxylic acids is 1. The van der Waals surface area contributed by atoms with Gasteiger partial charge in [0, 0.05) is 6.20 Å². The van der Waals surface area contributed by atoms with Crippen molar-refractivity contribution >= 4 is 23.5 Å². The Morgan fingerprint density at radius 2 is 1.33 bits per heavy atom. The summed E-state index contributed by atoms with van der Waals surface area (Å²) in [6, 6.07) is 25.1. The minimum absolute atomic E-state index is 0.0774. The number of esters is 1. The zero-order valence-corrected chi connectivity index (χ0v) is 24.8. The van der Waals surface area contributed by atoms with Gasteiger partial charge in [-0.3, -0.25) is 4.57 Å². The van der Waals surface area contributed by atoms with Crippen molar-refractivity contribution in [1.29, 1.82) is 0 Å². The number of anilines is 1. The molecule has 5 rings (SSSR count). The maximum Gasteiger partial charge on any atom is 0.350 e. The molecule has 0 radical (unpaired) electrons. The van der Waals surface area contributed by atoms with Gasteiger partial charge in [0.2, 0.25) is 0 Å². The average molecular weight is 586 g/mol. The largest absolute Gasteiger partial charge is 0.461 e. The first kappa shape index (κ1) is 29.6. The van der Waals surface area contributed by atoms with E-state index in [1.54, 1.807) is 24.4 Å². The zero-order valence-electron chi connectivity index (χ0n) is 23.9. The predicted molar refractivity (Wildman–Crippen MR) is 164 cm³/mol. The van der Waals surface area contributed by atoms with Crippen molar-refractivity contribution in [3.8, 4) is 0 Å². The molecule has 1 aliphatic rings. The summed E-state index contributed by atoms with van der Waals surface area (Å²) >= 11 is 1.47. The first-order valence-corrected chi connectivity index (χ1v) is 14.8. The van der Waals surface area contributed by atoms with E-state index in [0.717, 1.165) is 27.8 Å². The zero-order chi connectivity index (χ0) is 29.6. The third kappa shape index (κ3) is 7.28. The summed E-state index contributed by atoms with van der Waals surface area (Å²) in [7, 11) is 0. The molecule has 0 unspecified atom stereocenters. The van der Waals surface area contributed by atoms with Crippen LogP contribution in [0.3, 0.4) is 0 Å². The number of benzene rings is 3. The average Bonchev–Trinajstić information content (AvgIpc) is 3.32. The summed E-state index contributed by atoms with van der Waals surface area (Å²) in [6.45, 7) is 6.76. The van der Waals surface area contributed by atoms with Gasteiger partial charge in [0.15, 0.2) is 0 Å². The highest BCUT2D eigenvalue weighted by Crippen LogP contribution is 2.45. The minimum atomic E-state index is -0.548. The van der Waals surface area contributed by atoms with Gasteiger partial charge >= 0.3 is 11.7 Å². The highest BCUT2D eigenvalue weighted by atomic mass is 32.2. The van der Waals surface area contributed by atoms with Crippen molar-refractivity contribution < 1.29 is 19.0 Å². The molecule has 3 aromatic carbocycles. The van der Waals surface area contributed by atoms with Crippen molar-refractivity contribution in [2.75, 3.05) is 12.3 Å². The molecule has 0 saturated carbocycles. The Morgan fingerprint density at radius 3 is 1.88 bits per heavy atom. The summed E-state index contributed by atoms with van der Waals surface area (Å²) in [4.78, 5) is 29.8. The highest BCUT2D eigenvalue weighted by molar-refractivity contribution is 8.00. The number of ether oxygens (including phenoxy) is 3. The Kier molecular flexibility index (Phi) is 9.41. The summed E-state index contributed by atoms with van der Waals surface area (Å²) < 4.78 is 20.4. The lowest BCUT2D eigenvalue weighted by Crippen LogP contribution is -2.40. The Hall–Kier alpha value is -3.92. The maximum atomic E-state index is 13.0. The Balaban J connectivity index is 1.43. The van der Waals surface area contributed by atoms with Gasteiger partial charge in [-0.15, -0.1) is 11.8 Å². The molecule has 0 amide bonds. The van der Waals surface area contributed by atoms with Gasteiger partial charge < -0.3 is 19.9 Å². The number of aromatic nitrogens is 2. The van der Waals surface area contributed by atoms with Crippen LogP contribution in [0.2, 0.25) is 0 Å². The van der Waals surface area contributed by atoms with E-state index in [2.05, 4.69) is 4.98 Å². The fraction of sp³-hybridized carbons (Fsp3) is 0.303. The van der Waals surface area contributed by atoms with Crippen molar-refractivity contribution in [2.45, 2.75) is 56.8 Å². The van der Waals surface area contributed by atoms with Crippen LogP contribution in [0.25, 0.3) is 0 Å². The number of rotatable bonds is 10. The molecule has 1 saturated heterocycles. The van der Waals surface area contributed by atoms with Crippen molar-refractivity contribution in [3.63, 3.8) is 0 Å². The normalized spacial score (nSPS) is 20.0. The predicted octanol–water partition coefficient (Wildman–Crippen LogP) is 5.39. The molecule has 0 aliphatic carbocycles. The minimum Gasteiger partial charge on any atom is -0.461 e. The van der Waals surface area contributed by atoms with Crippen molar-refractivity contribution in [1.82, 2.24) is 9.55 Å². The first-order valence-electron chi connectivity index (χ1n) is 13.8. The van der Waals surface area contributed by atoms with Gasteiger partial charge in [-0.1, -0.05) is 77.4 Å². The lowest BCUT2D eigenvalue weighted by molar-refractivity contribution is -0.0897. The van der Waals surface area contributed by atoms with Crippen molar-refractivity contribution in [3.05, 3.63) is 129 Å². The van der Waals surface area contributed by atoms with Gasteiger partial charge in [-0.25, -0.2) is 9.59 Å². The molecule has 1 aliphatic heterocycles. The molecule has 42 heavy (non-hydrogen) atoms. The quantitative estimate of drug-likeness (QED) is 0.247. The molecule has 8 nitrogen and oxygen atoms in total. The van der Waals surface area contributed by atoms with Gasteiger partial charge in [-0.2, -0.15) is 4.98 Å². The smallest absolute Gasteiger partial charge is 0.350 e. The van der Waals surface area contributed by atoms with Crippen LogP contribution < -0.4 is 11.4 Å². The van der Waals surface area contributed by atoms with E-state index in [9.17, 15) is 9.59 Å². The molecule has 2 N–H and O–H groups in total. The number of nitrogen functional groups attached to an aromatic ring is 1. The lowest BCUT2D eigenvalue weighted by Gasteiger charge is -2.27. The second-order valence-corrected chi connectivity index (χ2v) is 12.0. The van der Waals surface area contributed by atoms with E-state index in [-0.39, 0.29) is 17.7 Å². The molecule has 0 spiro atoms. The Morgan fingerprint density at radius 1 is 0.810 bits per heavy atom. The number of aryl methyl sites for hydroxylation is 3. The highest BCUT2D eigenvalue weighted by Gasteiger charge is 2.48. The monoisotopic (exact) mass is 585 g/mol. The number of hydrogen-bond donors (Lipinski definition) is 1. The maximum absolute atomic E-state index is 13.0. The molecule has 1 aromatic heterocycles. The van der Waals surface area contributed by atoms with Gasteiger partial charge in [-0.05, 0) is 50.1 Å². The summed E-state index contributed by atoms with van der Waals surface area (Å²) in [6.07, 6.45) is 0.581. The van der Waals surface area contributed by atoms with Crippen LogP contribution in [0.5, 0.6) is 0 Å². The fourth-order valence-corrected chi connectivity index (χ4v) is 6.32. The molecule has 1 fully saturated rings. The molecule has 4 aromatic rings. The van der Waals surface area contributed by atoms with Gasteiger partial charge in [0.1, 0.15) is 30.0 Å². The summed E-state index contributed by atoms with van der Waals surface area (Å²) in [5.41, 5.74) is 11.2. The van der Waals surface area contributed by atoms with Gasteiger partial charge in [0.05, 0.1) is 24.0 Å². The fourth-order valence-electron chi connectivity index (χ4n) is 4.75. The number of nitrogens with zero attached hydrogens (tertiary/aromatic N) is 2. The van der Waals surface area contributed by atoms with E-state index in [0.29, 0.717) is 18.8 Å². The van der Waals surface area contributed by atoms with E-state index < -0.39 is 29.2 Å². The molecule has 0 bridgehead atoms. The van der Waals surface area contributed by atoms with E-state index in [1.807, 2.05) is 81.4 Å². The van der Waals surface area contributed by atoms with Crippen LogP contribution in [-0.4, -0.2) is 39.6 Å². The molecule has 2 heterocycles. The number of nitrogens with two attached hydrogens (primary N) is 1. The van der Waals surface area contributed by atoms with Gasteiger partial charge in [0.25, 0.3) is 0 Å². The molecule has 4 atom stereocenters. The first-order chi connectivity index (χ1) is 20.3. The summed E-state index contributed by atoms with van der Waals surface area (Å²) in [5.74, 6) is -0.271. The number of thioether (sulfide) groups is 1. The third-order valence-corrected chi connectivity index (χ3v) is 8.73. The van der Waals surface area contributed by atoms with Crippen LogP contribution in [0.4, 0.5) is 5.82 Å². The molecule has 9 heteroatoms. The SMILES string of the molecule is Cc1ccc(CO[C@H]2[C@H](OCc3ccc(C)cc3)[C@@H](n3ccc(N)nc3=O)S[C@H]2COC(=O)c2ccc(C)cc2)cc1. The summed E-state index contributed by atoms with van der Waals surface area (Å²) in [5, 5.41) is -0.801. The standard InChI is InChI=1S/C33H35N3O5S/c1-21-4-10-24(11-5-21)18-39-29-27(20-41-32(37)26-14-8-23(3)9-15-26)42-31(36-17-16-28(34)35-33(36)38)30(29)40-19-25-12-6-22(2)7-13-25/h4-17,27,29-31H,18-20H2,1-3H3,(H2,34,35,38)/t27-,29+,30-,31-/m0/s1. The number of carbonyl (C=O) groups is 1. The van der Waals surface area contributed by atoms with Crippen LogP contribution in [0, 0.1) is 20.8 Å². The van der Waals surface area contributed by atoms with E-state index in [1.165, 1.54) is 16.3 Å². The van der Waals surface area contributed by atoms with E-state index >= 15 is 0 Å². The van der Waals surface area contributed by atoms with Crippen LogP contribution in [0.1, 0.15) is 43.5 Å². The lowest BCUT2D eigenvalue weighted by atomic mass is 10.1. The second-order valence-electron chi connectivity index (χ2n) is 10.6. The second kappa shape index (κ2) is 13.4. The molecular weight excluding hydrogens is 550 g/mol. The van der Waals surface area contributed by atoms with E-state index in [4.69, 9.17) is 19.9 Å². The Bertz CT molecular complexity index is 1550. The molecule has 218 valence electrons. The third-order valence-electron chi connectivity index (χ3n) is 7.20. The topological polar surface area (TPSA) is 106 Å². The Labute approximate surface area is 249 Å².